The molecular formula is C16H16F4N2S. The third-order valence-corrected chi connectivity index (χ3v) is 4.64. The molecule has 124 valence electrons. The lowest BCUT2D eigenvalue weighted by Crippen LogP contribution is -2.45. The molecule has 2 nitrogen and oxygen atoms in total. The van der Waals surface area contributed by atoms with Crippen molar-refractivity contribution in [1.29, 1.82) is 0 Å². The highest BCUT2D eigenvalue weighted by Gasteiger charge is 2.33. The molecule has 1 aromatic carbocycles. The number of halogens is 4. The highest BCUT2D eigenvalue weighted by Crippen LogP contribution is 2.36. The van der Waals surface area contributed by atoms with Crippen molar-refractivity contribution in [3.8, 4) is 0 Å². The van der Waals surface area contributed by atoms with E-state index in [4.69, 9.17) is 0 Å². The Morgan fingerprint density at radius 1 is 1.09 bits per heavy atom. The molecule has 2 aromatic rings. The number of alkyl halides is 3. The van der Waals surface area contributed by atoms with Crippen LogP contribution in [0.1, 0.15) is 22.7 Å². The van der Waals surface area contributed by atoms with Crippen molar-refractivity contribution in [2.75, 3.05) is 26.2 Å². The van der Waals surface area contributed by atoms with E-state index in [0.717, 1.165) is 24.7 Å². The van der Waals surface area contributed by atoms with E-state index in [0.29, 0.717) is 24.7 Å². The van der Waals surface area contributed by atoms with Crippen LogP contribution < -0.4 is 5.32 Å². The van der Waals surface area contributed by atoms with Crippen molar-refractivity contribution in [1.82, 2.24) is 10.2 Å². The third kappa shape index (κ3) is 3.73. The summed E-state index contributed by atoms with van der Waals surface area (Å²) >= 11 is 1.48. The Balaban J connectivity index is 2.04. The zero-order valence-electron chi connectivity index (χ0n) is 12.2. The lowest BCUT2D eigenvalue weighted by atomic mass is 9.96. The normalized spacial score (nSPS) is 18.1. The minimum absolute atomic E-state index is 0.345. The molecule has 1 atom stereocenters. The van der Waals surface area contributed by atoms with Gasteiger partial charge in [0.1, 0.15) is 5.82 Å². The third-order valence-electron chi connectivity index (χ3n) is 3.94. The summed E-state index contributed by atoms with van der Waals surface area (Å²) in [6.45, 7) is 2.95. The van der Waals surface area contributed by atoms with Crippen LogP contribution in [0.4, 0.5) is 17.6 Å². The fourth-order valence-electron chi connectivity index (χ4n) is 2.92. The molecule has 0 aliphatic carbocycles. The van der Waals surface area contributed by atoms with Gasteiger partial charge in [0.25, 0.3) is 0 Å². The van der Waals surface area contributed by atoms with Crippen LogP contribution in [0.2, 0.25) is 0 Å². The largest absolute Gasteiger partial charge is 0.416 e. The fourth-order valence-corrected chi connectivity index (χ4v) is 3.60. The van der Waals surface area contributed by atoms with Crippen molar-refractivity contribution in [2.24, 2.45) is 0 Å². The molecule has 0 unspecified atom stereocenters. The molecule has 1 saturated heterocycles. The highest BCUT2D eigenvalue weighted by molar-refractivity contribution is 7.08. The molecular weight excluding hydrogens is 328 g/mol. The molecule has 1 fully saturated rings. The fraction of sp³-hybridized carbons (Fsp3) is 0.375. The van der Waals surface area contributed by atoms with Gasteiger partial charge in [0.05, 0.1) is 11.6 Å². The van der Waals surface area contributed by atoms with Gasteiger partial charge in [-0.05, 0) is 46.2 Å². The maximum absolute atomic E-state index is 13.8. The second-order valence-electron chi connectivity index (χ2n) is 5.52. The van der Waals surface area contributed by atoms with E-state index >= 15 is 0 Å². The standard InChI is InChI=1S/C16H16F4N2S/c17-14-8-12(7-13(9-14)16(18,19)20)15(11-1-6-23-10-11)22-4-2-21-3-5-22/h1,6-10,15,21H,2-5H2/t15-/m0/s1. The summed E-state index contributed by atoms with van der Waals surface area (Å²) in [4.78, 5) is 2.09. The predicted molar refractivity (Wildman–Crippen MR) is 82.0 cm³/mol. The number of nitrogens with one attached hydrogen (secondary N) is 1. The van der Waals surface area contributed by atoms with Crippen molar-refractivity contribution < 1.29 is 17.6 Å². The highest BCUT2D eigenvalue weighted by atomic mass is 32.1. The number of thiophene rings is 1. The Morgan fingerprint density at radius 3 is 2.43 bits per heavy atom. The molecule has 0 spiro atoms. The lowest BCUT2D eigenvalue weighted by Gasteiger charge is -2.35. The molecule has 23 heavy (non-hydrogen) atoms. The molecule has 1 aliphatic rings. The summed E-state index contributed by atoms with van der Waals surface area (Å²) in [6, 6.07) is 4.34. The van der Waals surface area contributed by atoms with E-state index in [9.17, 15) is 17.6 Å². The van der Waals surface area contributed by atoms with Crippen molar-refractivity contribution >= 4 is 11.3 Å². The molecule has 1 N–H and O–H groups in total. The summed E-state index contributed by atoms with van der Waals surface area (Å²) in [5.74, 6) is -0.856. The summed E-state index contributed by atoms with van der Waals surface area (Å²) in [7, 11) is 0. The van der Waals surface area contributed by atoms with Crippen LogP contribution in [0.3, 0.4) is 0 Å². The Labute approximate surface area is 135 Å². The van der Waals surface area contributed by atoms with Crippen molar-refractivity contribution in [3.05, 3.63) is 57.5 Å². The van der Waals surface area contributed by atoms with Crippen LogP contribution in [0, 0.1) is 5.82 Å². The molecule has 0 bridgehead atoms. The zero-order valence-corrected chi connectivity index (χ0v) is 13.1. The smallest absolute Gasteiger partial charge is 0.314 e. The van der Waals surface area contributed by atoms with Crippen LogP contribution in [0.5, 0.6) is 0 Å². The number of hydrogen-bond donors (Lipinski definition) is 1. The first kappa shape index (κ1) is 16.4. The first-order chi connectivity index (χ1) is 10.9. The Kier molecular flexibility index (Phi) is 4.70. The first-order valence-corrected chi connectivity index (χ1v) is 8.24. The Bertz CT molecular complexity index is 649. The number of nitrogens with zero attached hydrogens (tertiary/aromatic N) is 1. The molecule has 0 amide bonds. The van der Waals surface area contributed by atoms with Gasteiger partial charge in [-0.3, -0.25) is 4.90 Å². The maximum Gasteiger partial charge on any atom is 0.416 e. The lowest BCUT2D eigenvalue weighted by molar-refractivity contribution is -0.137. The molecule has 3 rings (SSSR count). The van der Waals surface area contributed by atoms with Crippen LogP contribution in [0.25, 0.3) is 0 Å². The monoisotopic (exact) mass is 344 g/mol. The number of benzene rings is 1. The molecule has 1 aliphatic heterocycles. The average molecular weight is 344 g/mol. The average Bonchev–Trinajstić information content (AvgIpc) is 3.01. The van der Waals surface area contributed by atoms with E-state index < -0.39 is 17.6 Å². The van der Waals surface area contributed by atoms with Gasteiger partial charge in [0.2, 0.25) is 0 Å². The molecule has 0 radical (unpaired) electrons. The Morgan fingerprint density at radius 2 is 1.83 bits per heavy atom. The van der Waals surface area contributed by atoms with E-state index in [1.807, 2.05) is 16.8 Å². The van der Waals surface area contributed by atoms with Gasteiger partial charge in [-0.1, -0.05) is 0 Å². The molecule has 1 aromatic heterocycles. The number of hydrogen-bond acceptors (Lipinski definition) is 3. The summed E-state index contributed by atoms with van der Waals surface area (Å²) < 4.78 is 52.8. The zero-order chi connectivity index (χ0) is 16.4. The summed E-state index contributed by atoms with van der Waals surface area (Å²) in [5, 5.41) is 7.01. The van der Waals surface area contributed by atoms with Crippen LogP contribution in [0.15, 0.2) is 35.0 Å². The minimum Gasteiger partial charge on any atom is -0.314 e. The van der Waals surface area contributed by atoms with Crippen LogP contribution in [-0.4, -0.2) is 31.1 Å². The summed E-state index contributed by atoms with van der Waals surface area (Å²) in [5.41, 5.74) is 0.302. The first-order valence-electron chi connectivity index (χ1n) is 7.30. The Hall–Kier alpha value is -1.44. The second-order valence-corrected chi connectivity index (χ2v) is 6.30. The minimum atomic E-state index is -4.56. The van der Waals surface area contributed by atoms with Gasteiger partial charge in [0.15, 0.2) is 0 Å². The molecule has 2 heterocycles. The quantitative estimate of drug-likeness (QED) is 0.850. The summed E-state index contributed by atoms with van der Waals surface area (Å²) in [6.07, 6.45) is -4.56. The number of piperazine rings is 1. The van der Waals surface area contributed by atoms with E-state index in [2.05, 4.69) is 10.2 Å². The predicted octanol–water partition coefficient (Wildman–Crippen LogP) is 3.90. The maximum atomic E-state index is 13.8. The van der Waals surface area contributed by atoms with Gasteiger partial charge < -0.3 is 5.32 Å². The van der Waals surface area contributed by atoms with Gasteiger partial charge in [-0.25, -0.2) is 4.39 Å². The van der Waals surface area contributed by atoms with E-state index in [1.54, 1.807) is 0 Å². The van der Waals surface area contributed by atoms with Crippen molar-refractivity contribution in [2.45, 2.75) is 12.2 Å². The van der Waals surface area contributed by atoms with Crippen LogP contribution in [-0.2, 0) is 6.18 Å². The second kappa shape index (κ2) is 6.59. The molecule has 7 heteroatoms. The van der Waals surface area contributed by atoms with Crippen molar-refractivity contribution in [3.63, 3.8) is 0 Å². The van der Waals surface area contributed by atoms with Gasteiger partial charge in [-0.15, -0.1) is 0 Å². The SMILES string of the molecule is Fc1cc([C@H](c2ccsc2)N2CCNCC2)cc(C(F)(F)F)c1. The number of rotatable bonds is 3. The van der Waals surface area contributed by atoms with E-state index in [1.165, 1.54) is 17.4 Å². The van der Waals surface area contributed by atoms with Crippen LogP contribution >= 0.6 is 11.3 Å². The molecule has 0 saturated carbocycles. The topological polar surface area (TPSA) is 15.3 Å². The van der Waals surface area contributed by atoms with Gasteiger partial charge >= 0.3 is 6.18 Å². The van der Waals surface area contributed by atoms with Gasteiger partial charge in [-0.2, -0.15) is 24.5 Å². The van der Waals surface area contributed by atoms with E-state index in [-0.39, 0.29) is 6.04 Å². The van der Waals surface area contributed by atoms with Gasteiger partial charge in [0, 0.05) is 26.2 Å².